The van der Waals surface area contributed by atoms with Gasteiger partial charge in [0, 0.05) is 42.4 Å². The van der Waals surface area contributed by atoms with Gasteiger partial charge in [-0.1, -0.05) is 6.07 Å². The van der Waals surface area contributed by atoms with Crippen LogP contribution in [-0.4, -0.2) is 42.0 Å². The predicted molar refractivity (Wildman–Crippen MR) is 93.0 cm³/mol. The van der Waals surface area contributed by atoms with E-state index in [2.05, 4.69) is 35.2 Å². The summed E-state index contributed by atoms with van der Waals surface area (Å²) < 4.78 is 0. The SMILES string of the molecule is Cc1nc(N2CCN(C(=O)CCc3cccs3)CC2)sc1C. The van der Waals surface area contributed by atoms with E-state index >= 15 is 0 Å². The molecule has 0 spiro atoms. The highest BCUT2D eigenvalue weighted by atomic mass is 32.1. The average Bonchev–Trinajstić information content (AvgIpc) is 3.16. The van der Waals surface area contributed by atoms with Gasteiger partial charge in [0.25, 0.3) is 0 Å². The van der Waals surface area contributed by atoms with Crippen LogP contribution in [0.3, 0.4) is 0 Å². The highest BCUT2D eigenvalue weighted by Gasteiger charge is 2.22. The predicted octanol–water partition coefficient (Wildman–Crippen LogP) is 3.10. The molecular formula is C16H21N3OS2. The lowest BCUT2D eigenvalue weighted by atomic mass is 10.2. The van der Waals surface area contributed by atoms with E-state index < -0.39 is 0 Å². The fourth-order valence-corrected chi connectivity index (χ4v) is 4.25. The summed E-state index contributed by atoms with van der Waals surface area (Å²) in [4.78, 5) is 23.8. The summed E-state index contributed by atoms with van der Waals surface area (Å²) in [6.45, 7) is 7.55. The number of aryl methyl sites for hydroxylation is 3. The quantitative estimate of drug-likeness (QED) is 0.861. The molecule has 6 heteroatoms. The fraction of sp³-hybridized carbons (Fsp3) is 0.500. The second-order valence-corrected chi connectivity index (χ2v) is 7.80. The molecule has 3 rings (SSSR count). The first-order chi connectivity index (χ1) is 10.6. The zero-order chi connectivity index (χ0) is 15.5. The average molecular weight is 335 g/mol. The molecule has 2 aromatic rings. The molecular weight excluding hydrogens is 314 g/mol. The summed E-state index contributed by atoms with van der Waals surface area (Å²) in [6, 6.07) is 4.14. The number of nitrogens with zero attached hydrogens (tertiary/aromatic N) is 3. The van der Waals surface area contributed by atoms with Gasteiger partial charge in [-0.25, -0.2) is 4.98 Å². The van der Waals surface area contributed by atoms with Crippen LogP contribution in [0.4, 0.5) is 5.13 Å². The molecule has 1 aliphatic heterocycles. The van der Waals surface area contributed by atoms with E-state index in [1.54, 1.807) is 22.7 Å². The first-order valence-electron chi connectivity index (χ1n) is 7.62. The number of piperazine rings is 1. The van der Waals surface area contributed by atoms with Crippen molar-refractivity contribution >= 4 is 33.7 Å². The van der Waals surface area contributed by atoms with Crippen LogP contribution in [0, 0.1) is 13.8 Å². The molecule has 3 heterocycles. The van der Waals surface area contributed by atoms with E-state index in [0.29, 0.717) is 6.42 Å². The zero-order valence-electron chi connectivity index (χ0n) is 13.0. The second-order valence-electron chi connectivity index (χ2n) is 5.59. The van der Waals surface area contributed by atoms with Gasteiger partial charge in [0.05, 0.1) is 5.69 Å². The minimum Gasteiger partial charge on any atom is -0.345 e. The van der Waals surface area contributed by atoms with Crippen LogP contribution >= 0.6 is 22.7 Å². The molecule has 0 saturated carbocycles. The van der Waals surface area contributed by atoms with E-state index in [0.717, 1.165) is 43.4 Å². The topological polar surface area (TPSA) is 36.4 Å². The Balaban J connectivity index is 1.49. The molecule has 1 saturated heterocycles. The summed E-state index contributed by atoms with van der Waals surface area (Å²) >= 11 is 3.48. The van der Waals surface area contributed by atoms with E-state index in [1.165, 1.54) is 9.75 Å². The lowest BCUT2D eigenvalue weighted by Gasteiger charge is -2.34. The highest BCUT2D eigenvalue weighted by Crippen LogP contribution is 2.26. The first kappa shape index (κ1) is 15.5. The molecule has 4 nitrogen and oxygen atoms in total. The molecule has 1 aliphatic rings. The van der Waals surface area contributed by atoms with Crippen LogP contribution in [0.5, 0.6) is 0 Å². The lowest BCUT2D eigenvalue weighted by Crippen LogP contribution is -2.48. The number of carbonyl (C=O) groups is 1. The van der Waals surface area contributed by atoms with Crippen molar-refractivity contribution in [3.63, 3.8) is 0 Å². The van der Waals surface area contributed by atoms with Crippen LogP contribution in [0.1, 0.15) is 21.9 Å². The molecule has 0 aromatic carbocycles. The van der Waals surface area contributed by atoms with Gasteiger partial charge < -0.3 is 9.80 Å². The third-order valence-corrected chi connectivity index (χ3v) is 6.16. The zero-order valence-corrected chi connectivity index (χ0v) is 14.7. The van der Waals surface area contributed by atoms with Crippen LogP contribution in [0.25, 0.3) is 0 Å². The van der Waals surface area contributed by atoms with E-state index in [4.69, 9.17) is 0 Å². The number of carbonyl (C=O) groups excluding carboxylic acids is 1. The van der Waals surface area contributed by atoms with Crippen LogP contribution in [0.15, 0.2) is 17.5 Å². The van der Waals surface area contributed by atoms with Crippen molar-refractivity contribution < 1.29 is 4.79 Å². The van der Waals surface area contributed by atoms with Gasteiger partial charge in [-0.05, 0) is 31.7 Å². The molecule has 118 valence electrons. The largest absolute Gasteiger partial charge is 0.345 e. The Hall–Kier alpha value is -1.40. The van der Waals surface area contributed by atoms with Gasteiger partial charge in [0.15, 0.2) is 5.13 Å². The van der Waals surface area contributed by atoms with Gasteiger partial charge in [0.2, 0.25) is 5.91 Å². The number of hydrogen-bond acceptors (Lipinski definition) is 5. The van der Waals surface area contributed by atoms with Crippen molar-refractivity contribution in [1.29, 1.82) is 0 Å². The number of aromatic nitrogens is 1. The molecule has 1 fully saturated rings. The summed E-state index contributed by atoms with van der Waals surface area (Å²) in [5, 5.41) is 3.16. The summed E-state index contributed by atoms with van der Waals surface area (Å²) in [5.41, 5.74) is 1.12. The number of rotatable bonds is 4. The Labute approximate surface area is 139 Å². The Bertz CT molecular complexity index is 608. The molecule has 22 heavy (non-hydrogen) atoms. The van der Waals surface area contributed by atoms with Crippen molar-refractivity contribution in [1.82, 2.24) is 9.88 Å². The molecule has 0 bridgehead atoms. The molecule has 0 atom stereocenters. The van der Waals surface area contributed by atoms with Gasteiger partial charge in [0.1, 0.15) is 0 Å². The van der Waals surface area contributed by atoms with Crippen molar-refractivity contribution in [3.8, 4) is 0 Å². The second kappa shape index (κ2) is 6.79. The van der Waals surface area contributed by atoms with Crippen molar-refractivity contribution in [2.45, 2.75) is 26.7 Å². The number of amides is 1. The molecule has 0 aliphatic carbocycles. The number of hydrogen-bond donors (Lipinski definition) is 0. The summed E-state index contributed by atoms with van der Waals surface area (Å²) in [6.07, 6.45) is 1.48. The maximum absolute atomic E-state index is 12.3. The number of thiophene rings is 1. The standard InChI is InChI=1S/C16H21N3OS2/c1-12-13(2)22-16(17-12)19-9-7-18(8-10-19)15(20)6-5-14-4-3-11-21-14/h3-4,11H,5-10H2,1-2H3. The third-order valence-electron chi connectivity index (χ3n) is 4.09. The number of anilines is 1. The molecule has 0 radical (unpaired) electrons. The van der Waals surface area contributed by atoms with Crippen LogP contribution < -0.4 is 4.90 Å². The minimum absolute atomic E-state index is 0.277. The van der Waals surface area contributed by atoms with Crippen LogP contribution in [0.2, 0.25) is 0 Å². The molecule has 1 amide bonds. The van der Waals surface area contributed by atoms with Crippen molar-refractivity contribution in [3.05, 3.63) is 33.0 Å². The Morgan fingerprint density at radius 2 is 2.05 bits per heavy atom. The molecule has 2 aromatic heterocycles. The van der Waals surface area contributed by atoms with Gasteiger partial charge in [-0.2, -0.15) is 0 Å². The molecule has 0 unspecified atom stereocenters. The minimum atomic E-state index is 0.277. The normalized spacial score (nSPS) is 15.4. The summed E-state index contributed by atoms with van der Waals surface area (Å²) in [7, 11) is 0. The fourth-order valence-electron chi connectivity index (χ4n) is 2.58. The third kappa shape index (κ3) is 3.50. The van der Waals surface area contributed by atoms with Crippen LogP contribution in [-0.2, 0) is 11.2 Å². The first-order valence-corrected chi connectivity index (χ1v) is 9.32. The number of thiazole rings is 1. The van der Waals surface area contributed by atoms with Gasteiger partial charge in [-0.15, -0.1) is 22.7 Å². The lowest BCUT2D eigenvalue weighted by molar-refractivity contribution is -0.131. The monoisotopic (exact) mass is 335 g/mol. The van der Waals surface area contributed by atoms with Crippen molar-refractivity contribution in [2.75, 3.05) is 31.1 Å². The Kier molecular flexibility index (Phi) is 4.78. The van der Waals surface area contributed by atoms with Crippen molar-refractivity contribution in [2.24, 2.45) is 0 Å². The van der Waals surface area contributed by atoms with E-state index in [1.807, 2.05) is 11.0 Å². The highest BCUT2D eigenvalue weighted by molar-refractivity contribution is 7.15. The Morgan fingerprint density at radius 1 is 1.27 bits per heavy atom. The summed E-state index contributed by atoms with van der Waals surface area (Å²) in [5.74, 6) is 0.277. The van der Waals surface area contributed by atoms with Gasteiger partial charge >= 0.3 is 0 Å². The van der Waals surface area contributed by atoms with E-state index in [-0.39, 0.29) is 5.91 Å². The van der Waals surface area contributed by atoms with Gasteiger partial charge in [-0.3, -0.25) is 4.79 Å². The molecule has 0 N–H and O–H groups in total. The maximum Gasteiger partial charge on any atom is 0.223 e. The maximum atomic E-state index is 12.3. The Morgan fingerprint density at radius 3 is 2.64 bits per heavy atom. The van der Waals surface area contributed by atoms with E-state index in [9.17, 15) is 4.79 Å². The smallest absolute Gasteiger partial charge is 0.223 e.